The van der Waals surface area contributed by atoms with Crippen LogP contribution in [0.25, 0.3) is 0 Å². The molecular formula is C15H19NO. The minimum atomic E-state index is 0.244. The SMILES string of the molecule is O=C1c2ccccc2C[C@H]1CCN1CCCC1. The maximum atomic E-state index is 12.2. The summed E-state index contributed by atoms with van der Waals surface area (Å²) in [5.41, 5.74) is 2.22. The summed E-state index contributed by atoms with van der Waals surface area (Å²) >= 11 is 0. The summed E-state index contributed by atoms with van der Waals surface area (Å²) in [6.45, 7) is 3.56. The summed E-state index contributed by atoms with van der Waals surface area (Å²) in [5.74, 6) is 0.618. The van der Waals surface area contributed by atoms with Crippen molar-refractivity contribution in [2.24, 2.45) is 5.92 Å². The van der Waals surface area contributed by atoms with Crippen LogP contribution in [0.15, 0.2) is 24.3 Å². The Morgan fingerprint density at radius 2 is 1.94 bits per heavy atom. The highest BCUT2D eigenvalue weighted by atomic mass is 16.1. The van der Waals surface area contributed by atoms with Crippen LogP contribution in [0.3, 0.4) is 0 Å². The number of ketones is 1. The average molecular weight is 229 g/mol. The molecule has 1 fully saturated rings. The van der Waals surface area contributed by atoms with Crippen LogP contribution in [0, 0.1) is 5.92 Å². The maximum Gasteiger partial charge on any atom is 0.166 e. The highest BCUT2D eigenvalue weighted by Crippen LogP contribution is 2.29. The van der Waals surface area contributed by atoms with E-state index in [1.807, 2.05) is 18.2 Å². The van der Waals surface area contributed by atoms with Crippen molar-refractivity contribution in [1.82, 2.24) is 4.90 Å². The number of fused-ring (bicyclic) bond motifs is 1. The fraction of sp³-hybridized carbons (Fsp3) is 0.533. The first kappa shape index (κ1) is 11.0. The van der Waals surface area contributed by atoms with Crippen molar-refractivity contribution in [3.05, 3.63) is 35.4 Å². The molecule has 0 aromatic heterocycles. The number of Topliss-reactive ketones (excluding diaryl/α,β-unsaturated/α-hetero) is 1. The Bertz CT molecular complexity index is 421. The van der Waals surface area contributed by atoms with Gasteiger partial charge in [-0.1, -0.05) is 24.3 Å². The van der Waals surface area contributed by atoms with Crippen molar-refractivity contribution in [3.8, 4) is 0 Å². The largest absolute Gasteiger partial charge is 0.303 e. The fourth-order valence-corrected chi connectivity index (χ4v) is 3.09. The molecule has 1 aromatic rings. The fourth-order valence-electron chi connectivity index (χ4n) is 3.09. The molecule has 1 aliphatic heterocycles. The number of nitrogens with zero attached hydrogens (tertiary/aromatic N) is 1. The molecule has 1 aliphatic carbocycles. The molecule has 90 valence electrons. The summed E-state index contributed by atoms with van der Waals surface area (Å²) < 4.78 is 0. The minimum Gasteiger partial charge on any atom is -0.303 e. The van der Waals surface area contributed by atoms with Gasteiger partial charge in [0.1, 0.15) is 0 Å². The number of benzene rings is 1. The van der Waals surface area contributed by atoms with Crippen LogP contribution in [-0.2, 0) is 6.42 Å². The molecule has 0 saturated carbocycles. The zero-order valence-corrected chi connectivity index (χ0v) is 10.2. The van der Waals surface area contributed by atoms with Crippen LogP contribution in [0.4, 0.5) is 0 Å². The van der Waals surface area contributed by atoms with Crippen molar-refractivity contribution >= 4 is 5.78 Å². The standard InChI is InChI=1S/C15H19NO/c17-15-13(7-10-16-8-3-4-9-16)11-12-5-1-2-6-14(12)15/h1-2,5-6,13H,3-4,7-11H2/t13-/m1/s1. The van der Waals surface area contributed by atoms with E-state index in [-0.39, 0.29) is 5.92 Å². The predicted molar refractivity (Wildman–Crippen MR) is 68.3 cm³/mol. The van der Waals surface area contributed by atoms with E-state index in [1.54, 1.807) is 0 Å². The Morgan fingerprint density at radius 1 is 1.18 bits per heavy atom. The number of rotatable bonds is 3. The monoisotopic (exact) mass is 229 g/mol. The summed E-state index contributed by atoms with van der Waals surface area (Å²) in [6, 6.07) is 8.09. The van der Waals surface area contributed by atoms with Crippen LogP contribution >= 0.6 is 0 Å². The van der Waals surface area contributed by atoms with Crippen LogP contribution in [-0.4, -0.2) is 30.3 Å². The molecule has 1 heterocycles. The highest BCUT2D eigenvalue weighted by molar-refractivity contribution is 6.02. The first-order valence-electron chi connectivity index (χ1n) is 6.69. The van der Waals surface area contributed by atoms with Gasteiger partial charge in [-0.2, -0.15) is 0 Å². The first-order chi connectivity index (χ1) is 8.34. The molecule has 3 rings (SSSR count). The third-order valence-electron chi connectivity index (χ3n) is 4.11. The third-order valence-corrected chi connectivity index (χ3v) is 4.11. The second-order valence-corrected chi connectivity index (χ2v) is 5.26. The number of likely N-dealkylation sites (tertiary alicyclic amines) is 1. The second-order valence-electron chi connectivity index (χ2n) is 5.26. The van der Waals surface area contributed by atoms with Crippen molar-refractivity contribution in [2.45, 2.75) is 25.7 Å². The zero-order chi connectivity index (χ0) is 11.7. The molecule has 0 radical (unpaired) electrons. The van der Waals surface area contributed by atoms with Gasteiger partial charge in [0.25, 0.3) is 0 Å². The lowest BCUT2D eigenvalue weighted by atomic mass is 10.0. The lowest BCUT2D eigenvalue weighted by Gasteiger charge is -2.16. The van der Waals surface area contributed by atoms with Crippen LogP contribution in [0.2, 0.25) is 0 Å². The van der Waals surface area contributed by atoms with Gasteiger partial charge >= 0.3 is 0 Å². The van der Waals surface area contributed by atoms with E-state index in [2.05, 4.69) is 11.0 Å². The Balaban J connectivity index is 1.61. The molecule has 2 aliphatic rings. The lowest BCUT2D eigenvalue weighted by Crippen LogP contribution is -2.24. The number of hydrogen-bond donors (Lipinski definition) is 0. The molecular weight excluding hydrogens is 210 g/mol. The van der Waals surface area contributed by atoms with Gasteiger partial charge in [0, 0.05) is 11.5 Å². The van der Waals surface area contributed by atoms with Gasteiger partial charge in [0.05, 0.1) is 0 Å². The highest BCUT2D eigenvalue weighted by Gasteiger charge is 2.30. The molecule has 0 amide bonds. The van der Waals surface area contributed by atoms with Gasteiger partial charge < -0.3 is 4.90 Å². The van der Waals surface area contributed by atoms with Gasteiger partial charge in [0.15, 0.2) is 5.78 Å². The number of carbonyl (C=O) groups excluding carboxylic acids is 1. The Labute approximate surface area is 103 Å². The van der Waals surface area contributed by atoms with Crippen molar-refractivity contribution in [2.75, 3.05) is 19.6 Å². The van der Waals surface area contributed by atoms with Gasteiger partial charge in [0.2, 0.25) is 0 Å². The first-order valence-corrected chi connectivity index (χ1v) is 6.69. The van der Waals surface area contributed by atoms with Crippen LogP contribution in [0.5, 0.6) is 0 Å². The molecule has 2 heteroatoms. The molecule has 0 bridgehead atoms. The van der Waals surface area contributed by atoms with E-state index in [0.717, 1.165) is 24.9 Å². The molecule has 2 nitrogen and oxygen atoms in total. The minimum absolute atomic E-state index is 0.244. The van der Waals surface area contributed by atoms with Gasteiger partial charge in [-0.25, -0.2) is 0 Å². The van der Waals surface area contributed by atoms with Crippen molar-refractivity contribution in [3.63, 3.8) is 0 Å². The lowest BCUT2D eigenvalue weighted by molar-refractivity contribution is 0.0923. The smallest absolute Gasteiger partial charge is 0.166 e. The molecule has 1 atom stereocenters. The van der Waals surface area contributed by atoms with E-state index in [9.17, 15) is 4.79 Å². The summed E-state index contributed by atoms with van der Waals surface area (Å²) in [6.07, 6.45) is 4.66. The predicted octanol–water partition coefficient (Wildman–Crippen LogP) is 2.53. The van der Waals surface area contributed by atoms with E-state index in [0.29, 0.717) is 5.78 Å². The Kier molecular flexibility index (Phi) is 2.98. The van der Waals surface area contributed by atoms with Crippen molar-refractivity contribution < 1.29 is 4.79 Å². The quantitative estimate of drug-likeness (QED) is 0.794. The van der Waals surface area contributed by atoms with Crippen molar-refractivity contribution in [1.29, 1.82) is 0 Å². The molecule has 0 unspecified atom stereocenters. The number of carbonyl (C=O) groups is 1. The zero-order valence-electron chi connectivity index (χ0n) is 10.2. The normalized spacial score (nSPS) is 24.2. The van der Waals surface area contributed by atoms with E-state index < -0.39 is 0 Å². The number of hydrogen-bond acceptors (Lipinski definition) is 2. The molecule has 17 heavy (non-hydrogen) atoms. The summed E-state index contributed by atoms with van der Waals surface area (Å²) in [5, 5.41) is 0. The molecule has 1 saturated heterocycles. The maximum absolute atomic E-state index is 12.2. The average Bonchev–Trinajstić information content (AvgIpc) is 2.96. The molecule has 1 aromatic carbocycles. The Hall–Kier alpha value is -1.15. The van der Waals surface area contributed by atoms with Gasteiger partial charge in [-0.05, 0) is 50.9 Å². The summed E-state index contributed by atoms with van der Waals surface area (Å²) in [7, 11) is 0. The van der Waals surface area contributed by atoms with Gasteiger partial charge in [-0.3, -0.25) is 4.79 Å². The molecule has 0 N–H and O–H groups in total. The topological polar surface area (TPSA) is 20.3 Å². The van der Waals surface area contributed by atoms with Gasteiger partial charge in [-0.15, -0.1) is 0 Å². The summed E-state index contributed by atoms with van der Waals surface area (Å²) in [4.78, 5) is 14.7. The molecule has 0 spiro atoms. The second kappa shape index (κ2) is 4.61. The van der Waals surface area contributed by atoms with Crippen LogP contribution in [0.1, 0.15) is 35.2 Å². The van der Waals surface area contributed by atoms with E-state index >= 15 is 0 Å². The van der Waals surface area contributed by atoms with Crippen LogP contribution < -0.4 is 0 Å². The van der Waals surface area contributed by atoms with E-state index in [4.69, 9.17) is 0 Å². The third kappa shape index (κ3) is 2.14. The van der Waals surface area contributed by atoms with E-state index in [1.165, 1.54) is 31.5 Å². The Morgan fingerprint density at radius 3 is 2.71 bits per heavy atom.